The first-order chi connectivity index (χ1) is 7.27. The van der Waals surface area contributed by atoms with Crippen molar-refractivity contribution in [3.05, 3.63) is 0 Å². The highest BCUT2D eigenvalue weighted by molar-refractivity contribution is 14.0. The smallest absolute Gasteiger partial charge is 0.191 e. The van der Waals surface area contributed by atoms with Crippen molar-refractivity contribution in [3.63, 3.8) is 0 Å². The van der Waals surface area contributed by atoms with E-state index in [1.807, 2.05) is 0 Å². The molecule has 0 aromatic heterocycles. The summed E-state index contributed by atoms with van der Waals surface area (Å²) in [6.07, 6.45) is 3.79. The molecule has 0 spiro atoms. The van der Waals surface area contributed by atoms with Crippen LogP contribution in [0.25, 0.3) is 0 Å². The molecule has 0 bridgehead atoms. The van der Waals surface area contributed by atoms with Crippen LogP contribution in [-0.2, 0) is 4.74 Å². The number of hydrogen-bond acceptors (Lipinski definition) is 2. The lowest BCUT2D eigenvalue weighted by atomic mass is 10.2. The third kappa shape index (κ3) is 5.34. The molecule has 2 N–H and O–H groups in total. The Labute approximate surface area is 116 Å². The van der Waals surface area contributed by atoms with E-state index in [1.54, 1.807) is 0 Å². The van der Waals surface area contributed by atoms with Crippen LogP contribution in [0.5, 0.6) is 0 Å². The van der Waals surface area contributed by atoms with E-state index in [-0.39, 0.29) is 24.0 Å². The van der Waals surface area contributed by atoms with Crippen molar-refractivity contribution in [2.45, 2.75) is 39.2 Å². The molecule has 1 saturated heterocycles. The van der Waals surface area contributed by atoms with Crippen LogP contribution >= 0.6 is 24.0 Å². The fourth-order valence-corrected chi connectivity index (χ4v) is 1.84. The summed E-state index contributed by atoms with van der Waals surface area (Å²) in [6.45, 7) is 7.72. The van der Waals surface area contributed by atoms with E-state index in [0.29, 0.717) is 12.1 Å². The number of ether oxygens (including phenoxy) is 1. The van der Waals surface area contributed by atoms with E-state index in [0.717, 1.165) is 32.7 Å². The van der Waals surface area contributed by atoms with Crippen LogP contribution in [-0.4, -0.2) is 43.2 Å². The molecule has 96 valence electrons. The van der Waals surface area contributed by atoms with Crippen molar-refractivity contribution < 1.29 is 4.74 Å². The summed E-state index contributed by atoms with van der Waals surface area (Å²) < 4.78 is 5.52. The Morgan fingerprint density at radius 3 is 2.62 bits per heavy atom. The van der Waals surface area contributed by atoms with Crippen LogP contribution in [0.15, 0.2) is 4.99 Å². The molecule has 1 fully saturated rings. The van der Waals surface area contributed by atoms with Gasteiger partial charge in [-0.05, 0) is 33.1 Å². The maximum Gasteiger partial charge on any atom is 0.191 e. The zero-order valence-electron chi connectivity index (χ0n) is 10.3. The fraction of sp³-hybridized carbons (Fsp3) is 0.909. The Hall–Kier alpha value is -0.0400. The first kappa shape index (κ1) is 16.0. The minimum atomic E-state index is 0. The quantitative estimate of drug-likeness (QED) is 0.472. The Morgan fingerprint density at radius 2 is 2.12 bits per heavy atom. The van der Waals surface area contributed by atoms with Gasteiger partial charge >= 0.3 is 0 Å². The molecule has 1 rings (SSSR count). The Morgan fingerprint density at radius 1 is 1.44 bits per heavy atom. The average Bonchev–Trinajstić information content (AvgIpc) is 2.72. The number of nitrogens with zero attached hydrogens (tertiary/aromatic N) is 2. The second kappa shape index (κ2) is 9.04. The van der Waals surface area contributed by atoms with Crippen molar-refractivity contribution >= 4 is 29.9 Å². The molecule has 1 aliphatic rings. The zero-order valence-corrected chi connectivity index (χ0v) is 12.6. The highest BCUT2D eigenvalue weighted by Gasteiger charge is 2.14. The highest BCUT2D eigenvalue weighted by Crippen LogP contribution is 2.14. The molecule has 1 heterocycles. The van der Waals surface area contributed by atoms with Crippen LogP contribution < -0.4 is 5.73 Å². The van der Waals surface area contributed by atoms with Crippen molar-refractivity contribution in [1.82, 2.24) is 4.90 Å². The summed E-state index contributed by atoms with van der Waals surface area (Å²) in [5.41, 5.74) is 5.86. The summed E-state index contributed by atoms with van der Waals surface area (Å²) in [5.74, 6) is 0.665. The average molecular weight is 341 g/mol. The van der Waals surface area contributed by atoms with Gasteiger partial charge in [-0.25, -0.2) is 0 Å². The van der Waals surface area contributed by atoms with Crippen molar-refractivity contribution in [2.75, 3.05) is 26.2 Å². The molecule has 0 amide bonds. The topological polar surface area (TPSA) is 50.8 Å². The number of nitrogens with two attached hydrogens (primary N) is 1. The van der Waals surface area contributed by atoms with Gasteiger partial charge in [0.15, 0.2) is 5.96 Å². The molecule has 0 saturated carbocycles. The summed E-state index contributed by atoms with van der Waals surface area (Å²) >= 11 is 0. The lowest BCUT2D eigenvalue weighted by Crippen LogP contribution is -2.37. The lowest BCUT2D eigenvalue weighted by molar-refractivity contribution is 0.106. The second-order valence-corrected chi connectivity index (χ2v) is 3.84. The maximum absolute atomic E-state index is 5.86. The van der Waals surface area contributed by atoms with Gasteiger partial charge in [-0.1, -0.05) is 0 Å². The lowest BCUT2D eigenvalue weighted by Gasteiger charge is -2.19. The number of guanidine groups is 1. The van der Waals surface area contributed by atoms with Gasteiger partial charge in [0.25, 0.3) is 0 Å². The molecule has 1 atom stereocenters. The van der Waals surface area contributed by atoms with Crippen LogP contribution in [0.4, 0.5) is 0 Å². The summed E-state index contributed by atoms with van der Waals surface area (Å²) in [7, 11) is 0. The van der Waals surface area contributed by atoms with Crippen LogP contribution in [0.2, 0.25) is 0 Å². The van der Waals surface area contributed by atoms with E-state index in [9.17, 15) is 0 Å². The molecule has 0 radical (unpaired) electrons. The van der Waals surface area contributed by atoms with Gasteiger partial charge < -0.3 is 15.4 Å². The Balaban J connectivity index is 0.00000225. The molecular weight excluding hydrogens is 317 g/mol. The summed E-state index contributed by atoms with van der Waals surface area (Å²) in [4.78, 5) is 6.43. The van der Waals surface area contributed by atoms with Crippen LogP contribution in [0.1, 0.15) is 33.1 Å². The summed E-state index contributed by atoms with van der Waals surface area (Å²) in [6, 6.07) is 0. The van der Waals surface area contributed by atoms with Gasteiger partial charge in [-0.2, -0.15) is 0 Å². The molecule has 16 heavy (non-hydrogen) atoms. The molecule has 5 heteroatoms. The molecule has 0 aromatic carbocycles. The standard InChI is InChI=1S/C11H23N3O.HI/c1-3-14(4-2)11(12)13-8-7-10-6-5-9-15-10;/h10H,3-9H2,1-2H3,(H2,12,13);1H. The second-order valence-electron chi connectivity index (χ2n) is 3.84. The molecule has 4 nitrogen and oxygen atoms in total. The summed E-state index contributed by atoms with van der Waals surface area (Å²) in [5, 5.41) is 0. The predicted molar refractivity (Wildman–Crippen MR) is 78.4 cm³/mol. The van der Waals surface area contributed by atoms with Gasteiger partial charge in [0, 0.05) is 26.2 Å². The van der Waals surface area contributed by atoms with Crippen LogP contribution in [0, 0.1) is 0 Å². The van der Waals surface area contributed by atoms with E-state index in [2.05, 4.69) is 23.7 Å². The number of rotatable bonds is 5. The Kier molecular flexibility index (Phi) is 9.02. The third-order valence-electron chi connectivity index (χ3n) is 2.84. The molecule has 0 aromatic rings. The van der Waals surface area contributed by atoms with Crippen molar-refractivity contribution in [3.8, 4) is 0 Å². The van der Waals surface area contributed by atoms with E-state index in [1.165, 1.54) is 12.8 Å². The minimum Gasteiger partial charge on any atom is -0.378 e. The fourth-order valence-electron chi connectivity index (χ4n) is 1.84. The zero-order chi connectivity index (χ0) is 11.1. The number of aliphatic imine (C=N–C) groups is 1. The van der Waals surface area contributed by atoms with Crippen LogP contribution in [0.3, 0.4) is 0 Å². The number of hydrogen-bond donors (Lipinski definition) is 1. The van der Waals surface area contributed by atoms with E-state index >= 15 is 0 Å². The minimum absolute atomic E-state index is 0. The predicted octanol–water partition coefficient (Wildman–Crippen LogP) is 1.83. The molecular formula is C11H24IN3O. The van der Waals surface area contributed by atoms with Gasteiger partial charge in [-0.3, -0.25) is 4.99 Å². The Bertz CT molecular complexity index is 201. The van der Waals surface area contributed by atoms with Gasteiger partial charge in [-0.15, -0.1) is 24.0 Å². The van der Waals surface area contributed by atoms with Crippen molar-refractivity contribution in [1.29, 1.82) is 0 Å². The molecule has 1 unspecified atom stereocenters. The van der Waals surface area contributed by atoms with E-state index in [4.69, 9.17) is 10.5 Å². The highest BCUT2D eigenvalue weighted by atomic mass is 127. The maximum atomic E-state index is 5.86. The van der Waals surface area contributed by atoms with Crippen molar-refractivity contribution in [2.24, 2.45) is 10.7 Å². The normalized spacial score (nSPS) is 20.6. The van der Waals surface area contributed by atoms with Gasteiger partial charge in [0.1, 0.15) is 0 Å². The molecule has 0 aliphatic carbocycles. The van der Waals surface area contributed by atoms with Gasteiger partial charge in [0.2, 0.25) is 0 Å². The van der Waals surface area contributed by atoms with Gasteiger partial charge in [0.05, 0.1) is 6.10 Å². The SMILES string of the molecule is CCN(CC)C(N)=NCCC1CCCO1.I. The van der Waals surface area contributed by atoms with E-state index < -0.39 is 0 Å². The molecule has 1 aliphatic heterocycles. The largest absolute Gasteiger partial charge is 0.378 e. The monoisotopic (exact) mass is 341 g/mol. The number of halogens is 1. The first-order valence-electron chi connectivity index (χ1n) is 5.94. The first-order valence-corrected chi connectivity index (χ1v) is 5.94. The third-order valence-corrected chi connectivity index (χ3v) is 2.84.